The Hall–Kier alpha value is -1.34. The Labute approximate surface area is 78.0 Å². The second-order valence-corrected chi connectivity index (χ2v) is 3.16. The van der Waals surface area contributed by atoms with Crippen LogP contribution in [0.1, 0.15) is 18.1 Å². The minimum absolute atomic E-state index is 0.458. The van der Waals surface area contributed by atoms with Gasteiger partial charge in [0.15, 0.2) is 0 Å². The van der Waals surface area contributed by atoms with Crippen molar-refractivity contribution >= 4 is 0 Å². The van der Waals surface area contributed by atoms with E-state index < -0.39 is 6.10 Å². The molecule has 0 saturated carbocycles. The molecule has 0 radical (unpaired) electrons. The van der Waals surface area contributed by atoms with Crippen LogP contribution in [0.4, 0.5) is 0 Å². The molecule has 0 saturated heterocycles. The fraction of sp³-hybridized carbons (Fsp3) is 0.167. The minimum Gasteiger partial charge on any atom is -0.384 e. The van der Waals surface area contributed by atoms with Crippen molar-refractivity contribution in [3.8, 4) is 0 Å². The van der Waals surface area contributed by atoms with Gasteiger partial charge in [-0.25, -0.2) is 0 Å². The Morgan fingerprint density at radius 2 is 1.92 bits per heavy atom. The SMILES string of the molecule is OC(C1=CCC=C1)c1ccccc1. The summed E-state index contributed by atoms with van der Waals surface area (Å²) < 4.78 is 0. The van der Waals surface area contributed by atoms with Gasteiger partial charge in [0.25, 0.3) is 0 Å². The topological polar surface area (TPSA) is 20.2 Å². The van der Waals surface area contributed by atoms with Gasteiger partial charge in [0.05, 0.1) is 0 Å². The second kappa shape index (κ2) is 3.58. The molecule has 0 spiro atoms. The van der Waals surface area contributed by atoms with Crippen LogP contribution in [0.15, 0.2) is 54.1 Å². The standard InChI is InChI=1S/C12H12O/c13-12(11-8-4-5-9-11)10-6-2-1-3-7-10/h1-4,6-9,12-13H,5H2. The van der Waals surface area contributed by atoms with Crippen LogP contribution in [0.3, 0.4) is 0 Å². The van der Waals surface area contributed by atoms with Crippen molar-refractivity contribution in [1.82, 2.24) is 0 Å². The lowest BCUT2D eigenvalue weighted by Gasteiger charge is -2.10. The van der Waals surface area contributed by atoms with Gasteiger partial charge in [-0.2, -0.15) is 0 Å². The normalized spacial score (nSPS) is 17.2. The zero-order valence-electron chi connectivity index (χ0n) is 7.35. The van der Waals surface area contributed by atoms with Gasteiger partial charge in [-0.15, -0.1) is 0 Å². The number of benzene rings is 1. The Morgan fingerprint density at radius 3 is 2.54 bits per heavy atom. The van der Waals surface area contributed by atoms with Gasteiger partial charge in [-0.3, -0.25) is 0 Å². The lowest BCUT2D eigenvalue weighted by molar-refractivity contribution is 0.220. The molecule has 0 aromatic heterocycles. The molecule has 0 fully saturated rings. The van der Waals surface area contributed by atoms with E-state index in [1.807, 2.05) is 36.4 Å². The number of hydrogen-bond acceptors (Lipinski definition) is 1. The van der Waals surface area contributed by atoms with E-state index in [2.05, 4.69) is 12.2 Å². The van der Waals surface area contributed by atoms with E-state index >= 15 is 0 Å². The average Bonchev–Trinajstić information content (AvgIpc) is 2.71. The molecule has 0 amide bonds. The van der Waals surface area contributed by atoms with Crippen LogP contribution >= 0.6 is 0 Å². The monoisotopic (exact) mass is 172 g/mol. The first-order chi connectivity index (χ1) is 6.38. The van der Waals surface area contributed by atoms with Crippen LogP contribution in [-0.2, 0) is 0 Å². The molecule has 1 N–H and O–H groups in total. The molecule has 1 aromatic rings. The van der Waals surface area contributed by atoms with Crippen molar-refractivity contribution in [2.45, 2.75) is 12.5 Å². The summed E-state index contributed by atoms with van der Waals surface area (Å²) in [4.78, 5) is 0. The van der Waals surface area contributed by atoms with Crippen molar-refractivity contribution < 1.29 is 5.11 Å². The number of aliphatic hydroxyl groups excluding tert-OH is 1. The number of allylic oxidation sites excluding steroid dienone is 2. The van der Waals surface area contributed by atoms with Crippen LogP contribution < -0.4 is 0 Å². The highest BCUT2D eigenvalue weighted by Crippen LogP contribution is 2.25. The van der Waals surface area contributed by atoms with Crippen molar-refractivity contribution in [1.29, 1.82) is 0 Å². The van der Waals surface area contributed by atoms with Crippen LogP contribution in [-0.4, -0.2) is 5.11 Å². The molecule has 66 valence electrons. The Balaban J connectivity index is 2.22. The highest BCUT2D eigenvalue weighted by atomic mass is 16.3. The third-order valence-corrected chi connectivity index (χ3v) is 2.23. The predicted molar refractivity (Wildman–Crippen MR) is 53.2 cm³/mol. The average molecular weight is 172 g/mol. The predicted octanol–water partition coefficient (Wildman–Crippen LogP) is 2.61. The van der Waals surface area contributed by atoms with E-state index in [1.54, 1.807) is 0 Å². The third-order valence-electron chi connectivity index (χ3n) is 2.23. The summed E-state index contributed by atoms with van der Waals surface area (Å²) in [5.41, 5.74) is 1.96. The van der Waals surface area contributed by atoms with Gasteiger partial charge in [-0.05, 0) is 17.6 Å². The summed E-state index contributed by atoms with van der Waals surface area (Å²) >= 11 is 0. The summed E-state index contributed by atoms with van der Waals surface area (Å²) in [6.07, 6.45) is 6.58. The zero-order valence-corrected chi connectivity index (χ0v) is 7.35. The summed E-state index contributed by atoms with van der Waals surface area (Å²) in [5.74, 6) is 0. The Kier molecular flexibility index (Phi) is 2.28. The first-order valence-corrected chi connectivity index (χ1v) is 4.47. The maximum Gasteiger partial charge on any atom is 0.104 e. The highest BCUT2D eigenvalue weighted by molar-refractivity contribution is 5.35. The Bertz CT molecular complexity index is 335. The van der Waals surface area contributed by atoms with Gasteiger partial charge in [-0.1, -0.05) is 48.6 Å². The molecular weight excluding hydrogens is 160 g/mol. The van der Waals surface area contributed by atoms with Crippen LogP contribution in [0.25, 0.3) is 0 Å². The van der Waals surface area contributed by atoms with Crippen molar-refractivity contribution in [2.24, 2.45) is 0 Å². The van der Waals surface area contributed by atoms with E-state index in [1.165, 1.54) is 0 Å². The maximum atomic E-state index is 9.90. The molecule has 13 heavy (non-hydrogen) atoms. The third kappa shape index (κ3) is 1.70. The molecule has 1 nitrogen and oxygen atoms in total. The van der Waals surface area contributed by atoms with Crippen LogP contribution in [0.2, 0.25) is 0 Å². The number of rotatable bonds is 2. The highest BCUT2D eigenvalue weighted by Gasteiger charge is 2.11. The van der Waals surface area contributed by atoms with Gasteiger partial charge >= 0.3 is 0 Å². The minimum atomic E-state index is -0.458. The van der Waals surface area contributed by atoms with E-state index in [9.17, 15) is 5.11 Å². The summed E-state index contributed by atoms with van der Waals surface area (Å²) in [6.45, 7) is 0. The first-order valence-electron chi connectivity index (χ1n) is 4.47. The van der Waals surface area contributed by atoms with Gasteiger partial charge in [0, 0.05) is 0 Å². The van der Waals surface area contributed by atoms with E-state index in [-0.39, 0.29) is 0 Å². The quantitative estimate of drug-likeness (QED) is 0.727. The van der Waals surface area contributed by atoms with Crippen molar-refractivity contribution in [3.05, 3.63) is 59.7 Å². The molecule has 1 aliphatic rings. The molecule has 1 aliphatic carbocycles. The fourth-order valence-corrected chi connectivity index (χ4v) is 1.51. The molecule has 1 heteroatoms. The first kappa shape index (κ1) is 8.27. The van der Waals surface area contributed by atoms with E-state index in [4.69, 9.17) is 0 Å². The summed E-state index contributed by atoms with van der Waals surface area (Å²) in [7, 11) is 0. The molecule has 1 atom stereocenters. The van der Waals surface area contributed by atoms with Crippen molar-refractivity contribution in [3.63, 3.8) is 0 Å². The number of aliphatic hydroxyl groups is 1. The maximum absolute atomic E-state index is 9.90. The lowest BCUT2D eigenvalue weighted by atomic mass is 10.0. The summed E-state index contributed by atoms with van der Waals surface area (Å²) in [6, 6.07) is 9.72. The second-order valence-electron chi connectivity index (χ2n) is 3.16. The van der Waals surface area contributed by atoms with Gasteiger partial charge < -0.3 is 5.11 Å². The molecule has 0 aliphatic heterocycles. The van der Waals surface area contributed by atoms with Gasteiger partial charge in [0.1, 0.15) is 6.10 Å². The molecule has 0 heterocycles. The molecular formula is C12H12O. The molecule has 0 bridgehead atoms. The fourth-order valence-electron chi connectivity index (χ4n) is 1.51. The molecule has 1 aromatic carbocycles. The van der Waals surface area contributed by atoms with Crippen LogP contribution in [0, 0.1) is 0 Å². The molecule has 1 unspecified atom stereocenters. The van der Waals surface area contributed by atoms with E-state index in [0.717, 1.165) is 17.6 Å². The summed E-state index contributed by atoms with van der Waals surface area (Å²) in [5, 5.41) is 9.90. The smallest absolute Gasteiger partial charge is 0.104 e. The molecule has 2 rings (SSSR count). The van der Waals surface area contributed by atoms with Crippen LogP contribution in [0.5, 0.6) is 0 Å². The van der Waals surface area contributed by atoms with Crippen molar-refractivity contribution in [2.75, 3.05) is 0 Å². The largest absolute Gasteiger partial charge is 0.384 e. The lowest BCUT2D eigenvalue weighted by Crippen LogP contribution is -1.97. The number of hydrogen-bond donors (Lipinski definition) is 1. The van der Waals surface area contributed by atoms with Gasteiger partial charge in [0.2, 0.25) is 0 Å². The van der Waals surface area contributed by atoms with E-state index in [0.29, 0.717) is 0 Å². The Morgan fingerprint density at radius 1 is 1.15 bits per heavy atom. The zero-order chi connectivity index (χ0) is 9.10.